The van der Waals surface area contributed by atoms with Crippen LogP contribution in [0.15, 0.2) is 24.3 Å². The summed E-state index contributed by atoms with van der Waals surface area (Å²) in [6.45, 7) is 5.17. The summed E-state index contributed by atoms with van der Waals surface area (Å²) in [5, 5.41) is 0. The number of benzene rings is 1. The summed E-state index contributed by atoms with van der Waals surface area (Å²) in [4.78, 5) is 0. The molecule has 0 aliphatic heterocycles. The fourth-order valence-electron chi connectivity index (χ4n) is 7.24. The monoisotopic (exact) mass is 410 g/mol. The van der Waals surface area contributed by atoms with Crippen LogP contribution in [-0.2, 0) is 0 Å². The molecule has 4 atom stereocenters. The molecule has 0 amide bonds. The van der Waals surface area contributed by atoms with Crippen molar-refractivity contribution in [1.29, 1.82) is 0 Å². The highest BCUT2D eigenvalue weighted by Gasteiger charge is 2.36. The average molecular weight is 411 g/mol. The summed E-state index contributed by atoms with van der Waals surface area (Å²) >= 11 is 0. The topological polar surface area (TPSA) is 9.23 Å². The van der Waals surface area contributed by atoms with Gasteiger partial charge in [-0.05, 0) is 92.2 Å². The van der Waals surface area contributed by atoms with Gasteiger partial charge < -0.3 is 4.74 Å². The zero-order valence-corrected chi connectivity index (χ0v) is 19.8. The van der Waals surface area contributed by atoms with Crippen LogP contribution in [0.5, 0.6) is 5.75 Å². The van der Waals surface area contributed by atoms with Gasteiger partial charge in [-0.15, -0.1) is 0 Å². The largest absolute Gasteiger partial charge is 0.494 e. The van der Waals surface area contributed by atoms with Crippen LogP contribution >= 0.6 is 0 Å². The van der Waals surface area contributed by atoms with Crippen molar-refractivity contribution in [3.63, 3.8) is 0 Å². The van der Waals surface area contributed by atoms with E-state index < -0.39 is 0 Å². The van der Waals surface area contributed by atoms with Crippen LogP contribution < -0.4 is 4.74 Å². The molecular formula is C29H46O. The lowest BCUT2D eigenvalue weighted by molar-refractivity contribution is 0.108. The predicted molar refractivity (Wildman–Crippen MR) is 128 cm³/mol. The highest BCUT2D eigenvalue weighted by molar-refractivity contribution is 5.29. The van der Waals surface area contributed by atoms with Crippen molar-refractivity contribution in [2.75, 3.05) is 6.61 Å². The van der Waals surface area contributed by atoms with Crippen molar-refractivity contribution in [3.05, 3.63) is 29.8 Å². The third kappa shape index (κ3) is 5.83. The van der Waals surface area contributed by atoms with Crippen molar-refractivity contribution in [1.82, 2.24) is 0 Å². The molecule has 1 aromatic rings. The summed E-state index contributed by atoms with van der Waals surface area (Å²) in [7, 11) is 0. The first-order valence-electron chi connectivity index (χ1n) is 13.5. The Morgan fingerprint density at radius 3 is 1.97 bits per heavy atom. The summed E-state index contributed by atoms with van der Waals surface area (Å²) in [6.07, 6.45) is 21.0. The minimum Gasteiger partial charge on any atom is -0.494 e. The van der Waals surface area contributed by atoms with Crippen LogP contribution in [-0.4, -0.2) is 6.61 Å². The van der Waals surface area contributed by atoms with E-state index in [9.17, 15) is 0 Å². The molecule has 1 nitrogen and oxygen atoms in total. The Morgan fingerprint density at radius 1 is 0.667 bits per heavy atom. The van der Waals surface area contributed by atoms with Crippen LogP contribution in [0.2, 0.25) is 0 Å². The molecule has 1 heteroatoms. The molecule has 0 heterocycles. The van der Waals surface area contributed by atoms with Crippen LogP contribution in [0.4, 0.5) is 0 Å². The Balaban J connectivity index is 1.19. The lowest BCUT2D eigenvalue weighted by Crippen LogP contribution is -2.30. The van der Waals surface area contributed by atoms with Gasteiger partial charge in [0.15, 0.2) is 0 Å². The van der Waals surface area contributed by atoms with E-state index in [4.69, 9.17) is 4.74 Å². The van der Waals surface area contributed by atoms with Gasteiger partial charge in [0.05, 0.1) is 6.61 Å². The van der Waals surface area contributed by atoms with Crippen LogP contribution in [0, 0.1) is 29.6 Å². The smallest absolute Gasteiger partial charge is 0.119 e. The minimum absolute atomic E-state index is 0.758. The van der Waals surface area contributed by atoms with Gasteiger partial charge in [-0.1, -0.05) is 76.8 Å². The summed E-state index contributed by atoms with van der Waals surface area (Å²) in [5.41, 5.74) is 1.55. The van der Waals surface area contributed by atoms with Crippen molar-refractivity contribution in [2.24, 2.45) is 29.6 Å². The zero-order chi connectivity index (χ0) is 20.8. The van der Waals surface area contributed by atoms with Gasteiger partial charge in [-0.25, -0.2) is 0 Å². The number of rotatable bonds is 8. The quantitative estimate of drug-likeness (QED) is 0.416. The average Bonchev–Trinajstić information content (AvgIpc) is 2.79. The molecule has 0 radical (unpaired) electrons. The van der Waals surface area contributed by atoms with Gasteiger partial charge in [0.2, 0.25) is 0 Å². The maximum Gasteiger partial charge on any atom is 0.119 e. The van der Waals surface area contributed by atoms with Crippen molar-refractivity contribution < 1.29 is 4.74 Å². The first-order valence-corrected chi connectivity index (χ1v) is 13.5. The molecule has 3 fully saturated rings. The molecule has 4 unspecified atom stereocenters. The van der Waals surface area contributed by atoms with Crippen molar-refractivity contribution in [2.45, 2.75) is 110 Å². The SMILES string of the molecule is CCCC1CCC(CCC2CCC3CC(c4ccc(OCC)cc4)CCC3C2)CC1. The van der Waals surface area contributed by atoms with Crippen LogP contribution in [0.25, 0.3) is 0 Å². The Labute approximate surface area is 186 Å². The molecule has 1 aromatic carbocycles. The Hall–Kier alpha value is -0.980. The molecule has 0 saturated heterocycles. The maximum absolute atomic E-state index is 5.63. The maximum atomic E-state index is 5.63. The fraction of sp³-hybridized carbons (Fsp3) is 0.793. The van der Waals surface area contributed by atoms with E-state index in [1.165, 1.54) is 83.5 Å². The van der Waals surface area contributed by atoms with Gasteiger partial charge in [0, 0.05) is 0 Å². The lowest BCUT2D eigenvalue weighted by atomic mass is 9.63. The van der Waals surface area contributed by atoms with E-state index in [-0.39, 0.29) is 0 Å². The third-order valence-electron chi connectivity index (χ3n) is 9.03. The normalized spacial score (nSPS) is 34.3. The molecule has 168 valence electrons. The van der Waals surface area contributed by atoms with E-state index in [1.54, 1.807) is 12.0 Å². The lowest BCUT2D eigenvalue weighted by Gasteiger charge is -2.43. The molecule has 3 aliphatic carbocycles. The summed E-state index contributed by atoms with van der Waals surface area (Å²) in [5.74, 6) is 7.00. The Kier molecular flexibility index (Phi) is 8.19. The van der Waals surface area contributed by atoms with Gasteiger partial charge in [-0.3, -0.25) is 0 Å². The Morgan fingerprint density at radius 2 is 1.27 bits per heavy atom. The molecule has 0 bridgehead atoms. The number of fused-ring (bicyclic) bond motifs is 1. The van der Waals surface area contributed by atoms with Gasteiger partial charge >= 0.3 is 0 Å². The molecule has 0 spiro atoms. The molecule has 4 rings (SSSR count). The highest BCUT2D eigenvalue weighted by Crippen LogP contribution is 2.49. The van der Waals surface area contributed by atoms with Crippen LogP contribution in [0.3, 0.4) is 0 Å². The van der Waals surface area contributed by atoms with Crippen molar-refractivity contribution in [3.8, 4) is 5.75 Å². The Bertz CT molecular complexity index is 612. The molecule has 30 heavy (non-hydrogen) atoms. The predicted octanol–water partition coefficient (Wildman–Crippen LogP) is 8.77. The molecule has 0 N–H and O–H groups in total. The molecule has 3 saturated carbocycles. The van der Waals surface area contributed by atoms with Gasteiger partial charge in [0.1, 0.15) is 5.75 Å². The zero-order valence-electron chi connectivity index (χ0n) is 19.8. The number of ether oxygens (including phenoxy) is 1. The molecule has 3 aliphatic rings. The molecule has 0 aromatic heterocycles. The second kappa shape index (κ2) is 11.1. The van der Waals surface area contributed by atoms with E-state index in [0.29, 0.717) is 0 Å². The van der Waals surface area contributed by atoms with E-state index in [2.05, 4.69) is 38.1 Å². The number of hydrogen-bond donors (Lipinski definition) is 0. The van der Waals surface area contributed by atoms with Gasteiger partial charge in [0.25, 0.3) is 0 Å². The first-order chi connectivity index (χ1) is 14.7. The second-order valence-corrected chi connectivity index (χ2v) is 11.0. The third-order valence-corrected chi connectivity index (χ3v) is 9.03. The first kappa shape index (κ1) is 22.2. The standard InChI is InChI=1S/C29H46O/c1-3-5-22-6-8-23(9-7-22)10-11-24-12-13-28-21-27(15-14-26(28)20-24)25-16-18-29(19-17-25)30-4-2/h16-19,22-24,26-28H,3-15,20-21H2,1-2H3. The van der Waals surface area contributed by atoms with E-state index >= 15 is 0 Å². The minimum atomic E-state index is 0.758. The summed E-state index contributed by atoms with van der Waals surface area (Å²) in [6, 6.07) is 9.02. The highest BCUT2D eigenvalue weighted by atomic mass is 16.5. The summed E-state index contributed by atoms with van der Waals surface area (Å²) < 4.78 is 5.63. The van der Waals surface area contributed by atoms with Crippen LogP contribution in [0.1, 0.15) is 115 Å². The molecular weight excluding hydrogens is 364 g/mol. The van der Waals surface area contributed by atoms with E-state index in [0.717, 1.165) is 47.9 Å². The van der Waals surface area contributed by atoms with Crippen molar-refractivity contribution >= 4 is 0 Å². The second-order valence-electron chi connectivity index (χ2n) is 11.0. The number of hydrogen-bond acceptors (Lipinski definition) is 1. The fourth-order valence-corrected chi connectivity index (χ4v) is 7.24. The van der Waals surface area contributed by atoms with E-state index in [1.807, 2.05) is 0 Å². The van der Waals surface area contributed by atoms with Gasteiger partial charge in [-0.2, -0.15) is 0 Å².